The van der Waals surface area contributed by atoms with Gasteiger partial charge in [-0.1, -0.05) is 17.7 Å². The highest BCUT2D eigenvalue weighted by atomic mass is 32.2. The maximum atomic E-state index is 13.5. The molecule has 2 rings (SSSR count). The molecule has 0 spiro atoms. The quantitative estimate of drug-likeness (QED) is 0.357. The maximum absolute atomic E-state index is 13.5. The molecule has 0 atom stereocenters. The van der Waals surface area contributed by atoms with Gasteiger partial charge >= 0.3 is 24.0 Å². The Kier molecular flexibility index (Phi) is 6.19. The lowest BCUT2D eigenvalue weighted by Crippen LogP contribution is -2.56. The van der Waals surface area contributed by atoms with Crippen molar-refractivity contribution in [2.75, 3.05) is 12.5 Å². The van der Waals surface area contributed by atoms with Crippen molar-refractivity contribution in [3.05, 3.63) is 35.4 Å². The van der Waals surface area contributed by atoms with Crippen LogP contribution < -0.4 is 0 Å². The molecule has 27 heavy (non-hydrogen) atoms. The number of aliphatic imine (C=N–C) groups is 3. The van der Waals surface area contributed by atoms with E-state index in [4.69, 9.17) is 4.74 Å². The van der Waals surface area contributed by atoms with Crippen molar-refractivity contribution < 1.29 is 31.1 Å². The summed E-state index contributed by atoms with van der Waals surface area (Å²) < 4.78 is 86.1. The Hall–Kier alpha value is -1.69. The number of thioether (sulfide) groups is 2. The lowest BCUT2D eigenvalue weighted by atomic mass is 10.1. The smallest absolute Gasteiger partial charge is 0.405 e. The number of ether oxygens (including phenoxy) is 1. The molecule has 12 heteroatoms. The molecule has 0 radical (unpaired) electrons. The number of alkyl halides is 6. The van der Waals surface area contributed by atoms with Gasteiger partial charge in [-0.3, -0.25) is 0 Å². The van der Waals surface area contributed by atoms with Gasteiger partial charge in [0.2, 0.25) is 5.90 Å². The van der Waals surface area contributed by atoms with Crippen LogP contribution in [0, 0.1) is 6.92 Å². The molecule has 1 aliphatic rings. The molecule has 1 aliphatic heterocycles. The summed E-state index contributed by atoms with van der Waals surface area (Å²) in [4.78, 5) is 9.24. The van der Waals surface area contributed by atoms with Crippen molar-refractivity contribution in [2.24, 2.45) is 15.0 Å². The van der Waals surface area contributed by atoms with Crippen molar-refractivity contribution in [3.8, 4) is 0 Å². The van der Waals surface area contributed by atoms with Crippen LogP contribution in [0.15, 0.2) is 39.2 Å². The van der Waals surface area contributed by atoms with Crippen molar-refractivity contribution in [3.63, 3.8) is 0 Å². The van der Waals surface area contributed by atoms with Gasteiger partial charge in [-0.2, -0.15) is 36.3 Å². The molecule has 1 aromatic rings. The van der Waals surface area contributed by atoms with E-state index >= 15 is 0 Å². The molecule has 0 N–H and O–H groups in total. The van der Waals surface area contributed by atoms with Crippen LogP contribution >= 0.6 is 23.5 Å². The first-order valence-corrected chi connectivity index (χ1v) is 9.63. The first-order chi connectivity index (χ1) is 12.4. The van der Waals surface area contributed by atoms with Gasteiger partial charge in [0.15, 0.2) is 0 Å². The van der Waals surface area contributed by atoms with Crippen LogP contribution in [-0.4, -0.2) is 46.8 Å². The summed E-state index contributed by atoms with van der Waals surface area (Å²) in [5.74, 6) is -0.861. The molecule has 1 heterocycles. The Balaban J connectivity index is 2.71. The highest BCUT2D eigenvalue weighted by Crippen LogP contribution is 2.48. The van der Waals surface area contributed by atoms with Gasteiger partial charge in [0, 0.05) is 5.56 Å². The van der Waals surface area contributed by atoms with E-state index < -0.39 is 29.9 Å². The fraction of sp³-hybridized carbons (Fsp3) is 0.400. The molecule has 148 valence electrons. The molecule has 0 fully saturated rings. The molecule has 4 nitrogen and oxygen atoms in total. The molecule has 0 aliphatic carbocycles. The number of hydrogen-bond acceptors (Lipinski definition) is 6. The number of halogens is 6. The molecular weight excluding hydrogens is 416 g/mol. The molecule has 0 aromatic heterocycles. The Morgan fingerprint density at radius 2 is 1.48 bits per heavy atom. The fourth-order valence-electron chi connectivity index (χ4n) is 1.98. The second kappa shape index (κ2) is 7.74. The highest BCUT2D eigenvalue weighted by molar-refractivity contribution is 8.38. The summed E-state index contributed by atoms with van der Waals surface area (Å²) >= 11 is 2.05. The molecule has 0 unspecified atom stereocenters. The summed E-state index contributed by atoms with van der Waals surface area (Å²) in [6.07, 6.45) is -8.56. The third-order valence-electron chi connectivity index (χ3n) is 3.33. The minimum atomic E-state index is -5.84. The third-order valence-corrected chi connectivity index (χ3v) is 5.22. The molecule has 0 saturated carbocycles. The van der Waals surface area contributed by atoms with Gasteiger partial charge in [-0.15, -0.1) is 23.5 Å². The van der Waals surface area contributed by atoms with E-state index in [0.29, 0.717) is 0 Å². The number of rotatable bonds is 1. The van der Waals surface area contributed by atoms with Gasteiger partial charge in [0.25, 0.3) is 0 Å². The zero-order valence-corrected chi connectivity index (χ0v) is 15.8. The van der Waals surface area contributed by atoms with Gasteiger partial charge in [-0.25, -0.2) is 4.99 Å². The monoisotopic (exact) mass is 429 g/mol. The fourth-order valence-corrected chi connectivity index (χ4v) is 2.98. The zero-order chi connectivity index (χ0) is 20.5. The SMILES string of the molecule is CSC(=NC1=NC(C(F)(F)F)(C(F)(F)F)N=C(c2ccc(C)cc2)O1)SC. The van der Waals surface area contributed by atoms with Crippen LogP contribution in [0.1, 0.15) is 11.1 Å². The van der Waals surface area contributed by atoms with E-state index in [1.807, 2.05) is 0 Å². The van der Waals surface area contributed by atoms with Gasteiger partial charge < -0.3 is 4.74 Å². The molecule has 1 aromatic carbocycles. The van der Waals surface area contributed by atoms with E-state index in [1.54, 1.807) is 19.4 Å². The van der Waals surface area contributed by atoms with E-state index in [9.17, 15) is 26.3 Å². The van der Waals surface area contributed by atoms with Crippen LogP contribution in [0.3, 0.4) is 0 Å². The lowest BCUT2D eigenvalue weighted by molar-refractivity contribution is -0.293. The van der Waals surface area contributed by atoms with Gasteiger partial charge in [-0.05, 0) is 31.6 Å². The van der Waals surface area contributed by atoms with Crippen LogP contribution in [-0.2, 0) is 4.74 Å². The van der Waals surface area contributed by atoms with Gasteiger partial charge in [0.05, 0.1) is 0 Å². The van der Waals surface area contributed by atoms with Crippen molar-refractivity contribution in [1.82, 2.24) is 0 Å². The van der Waals surface area contributed by atoms with E-state index in [-0.39, 0.29) is 9.94 Å². The molecular formula is C15H13F6N3OS2. The minimum absolute atomic E-state index is 0.0593. The van der Waals surface area contributed by atoms with Crippen molar-refractivity contribution >= 4 is 39.8 Å². The number of aryl methyl sites for hydroxylation is 1. The summed E-state index contributed by atoms with van der Waals surface area (Å²) in [6.45, 7) is 1.71. The molecule has 0 amide bonds. The zero-order valence-electron chi connectivity index (χ0n) is 14.1. The predicted molar refractivity (Wildman–Crippen MR) is 95.5 cm³/mol. The van der Waals surface area contributed by atoms with Gasteiger partial charge in [0.1, 0.15) is 4.38 Å². The normalized spacial score (nSPS) is 16.9. The number of hydrogen-bond donors (Lipinski definition) is 0. The summed E-state index contributed by atoms with van der Waals surface area (Å²) in [7, 11) is 0. The second-order valence-corrected chi connectivity index (χ2v) is 7.08. The third kappa shape index (κ3) is 4.42. The van der Waals surface area contributed by atoms with Crippen LogP contribution in [0.2, 0.25) is 0 Å². The van der Waals surface area contributed by atoms with Crippen LogP contribution in [0.25, 0.3) is 0 Å². The average Bonchev–Trinajstić information content (AvgIpc) is 2.58. The van der Waals surface area contributed by atoms with Crippen LogP contribution in [0.4, 0.5) is 26.3 Å². The standard InChI is InChI=1S/C15H13F6N3OS2/c1-8-4-6-9(7-5-8)10-23-13(14(16,17)18,15(19,20)21)24-11(25-10)22-12(26-2)27-3/h4-7H,1-3H3. The van der Waals surface area contributed by atoms with Crippen molar-refractivity contribution in [2.45, 2.75) is 24.9 Å². The minimum Gasteiger partial charge on any atom is -0.405 e. The first kappa shape index (κ1) is 21.6. The number of benzene rings is 1. The van der Waals surface area contributed by atoms with E-state index in [0.717, 1.165) is 29.1 Å². The number of nitrogens with zero attached hydrogens (tertiary/aromatic N) is 3. The average molecular weight is 429 g/mol. The largest absolute Gasteiger partial charge is 0.443 e. The number of amidine groups is 1. The van der Waals surface area contributed by atoms with E-state index in [2.05, 4.69) is 15.0 Å². The Labute approximate surface area is 159 Å². The van der Waals surface area contributed by atoms with Crippen molar-refractivity contribution in [1.29, 1.82) is 0 Å². The Bertz CT molecular complexity index is 764. The maximum Gasteiger partial charge on any atom is 0.443 e. The van der Waals surface area contributed by atoms with E-state index in [1.165, 1.54) is 24.3 Å². The first-order valence-electron chi connectivity index (χ1n) is 7.18. The second-order valence-electron chi connectivity index (χ2n) is 5.23. The lowest BCUT2D eigenvalue weighted by Gasteiger charge is -2.33. The van der Waals surface area contributed by atoms with Crippen LogP contribution in [0.5, 0.6) is 0 Å². The molecule has 0 bridgehead atoms. The summed E-state index contributed by atoms with van der Waals surface area (Å²) in [5, 5.41) is 0. The Morgan fingerprint density at radius 1 is 0.963 bits per heavy atom. The topological polar surface area (TPSA) is 46.3 Å². The predicted octanol–water partition coefficient (Wildman–Crippen LogP) is 5.03. The summed E-state index contributed by atoms with van der Waals surface area (Å²) in [5.41, 5.74) is -4.00. The molecule has 0 saturated heterocycles. The highest BCUT2D eigenvalue weighted by Gasteiger charge is 2.74. The summed E-state index contributed by atoms with van der Waals surface area (Å²) in [6, 6.07) is 4.57. The Morgan fingerprint density at radius 3 is 1.93 bits per heavy atom.